The number of allylic oxidation sites excluding steroid dienone is 2. The molecule has 1 aliphatic rings. The molecule has 0 amide bonds. The molecular formula is C9H15FO. The summed E-state index contributed by atoms with van der Waals surface area (Å²) >= 11 is 0. The maximum atomic E-state index is 12.3. The lowest BCUT2D eigenvalue weighted by molar-refractivity contribution is 0.199. The summed E-state index contributed by atoms with van der Waals surface area (Å²) in [4.78, 5) is 0. The van der Waals surface area contributed by atoms with E-state index in [1.54, 1.807) is 0 Å². The number of rotatable bonds is 3. The van der Waals surface area contributed by atoms with Crippen LogP contribution in [0.5, 0.6) is 0 Å². The van der Waals surface area contributed by atoms with Crippen molar-refractivity contribution in [1.82, 2.24) is 0 Å². The van der Waals surface area contributed by atoms with Gasteiger partial charge in [0.1, 0.15) is 12.4 Å². The summed E-state index contributed by atoms with van der Waals surface area (Å²) in [5.74, 6) is 0.602. The normalized spacial score (nSPS) is 17.1. The van der Waals surface area contributed by atoms with E-state index in [2.05, 4.69) is 0 Å². The fourth-order valence-corrected chi connectivity index (χ4v) is 1.49. The van der Waals surface area contributed by atoms with Crippen molar-refractivity contribution in [2.45, 2.75) is 32.6 Å². The third-order valence-electron chi connectivity index (χ3n) is 2.04. The fraction of sp³-hybridized carbons (Fsp3) is 0.778. The van der Waals surface area contributed by atoms with Gasteiger partial charge in [-0.15, -0.1) is 0 Å². The minimum atomic E-state index is -0.427. The van der Waals surface area contributed by atoms with Gasteiger partial charge in [-0.05, 0) is 38.2 Å². The molecule has 0 bridgehead atoms. The molecule has 1 rings (SSSR count). The Bertz CT molecular complexity index is 144. The van der Waals surface area contributed by atoms with Crippen LogP contribution in [0.25, 0.3) is 0 Å². The third-order valence-corrected chi connectivity index (χ3v) is 2.04. The van der Waals surface area contributed by atoms with E-state index in [0.717, 1.165) is 12.8 Å². The zero-order valence-electron chi connectivity index (χ0n) is 7.03. The molecular weight excluding hydrogens is 143 g/mol. The first-order valence-corrected chi connectivity index (χ1v) is 4.28. The summed E-state index contributed by atoms with van der Waals surface area (Å²) < 4.78 is 17.5. The Morgan fingerprint density at radius 1 is 1.45 bits per heavy atom. The summed E-state index contributed by atoms with van der Waals surface area (Å²) in [7, 11) is 0. The minimum Gasteiger partial charge on any atom is -0.495 e. The third kappa shape index (κ3) is 2.21. The van der Waals surface area contributed by atoms with Crippen molar-refractivity contribution in [3.8, 4) is 0 Å². The van der Waals surface area contributed by atoms with Crippen molar-refractivity contribution in [3.05, 3.63) is 11.3 Å². The molecule has 0 atom stereocenters. The Balaban J connectivity index is 2.54. The van der Waals surface area contributed by atoms with E-state index < -0.39 is 6.67 Å². The molecule has 11 heavy (non-hydrogen) atoms. The summed E-state index contributed by atoms with van der Waals surface area (Å²) in [5.41, 5.74) is 1.20. The second-order valence-corrected chi connectivity index (χ2v) is 2.80. The standard InChI is InChI=1S/C9H15FO/c1-2-11-9(7-10)8-5-3-4-6-8/h2-7H2,1H3. The lowest BCUT2D eigenvalue weighted by Crippen LogP contribution is -1.97. The van der Waals surface area contributed by atoms with Gasteiger partial charge in [-0.1, -0.05) is 0 Å². The topological polar surface area (TPSA) is 9.23 Å². The Morgan fingerprint density at radius 3 is 2.55 bits per heavy atom. The molecule has 0 saturated heterocycles. The van der Waals surface area contributed by atoms with E-state index in [1.165, 1.54) is 18.4 Å². The van der Waals surface area contributed by atoms with Crippen LogP contribution in [0, 0.1) is 0 Å². The minimum absolute atomic E-state index is 0.427. The highest BCUT2D eigenvalue weighted by molar-refractivity contribution is 5.12. The molecule has 0 aromatic carbocycles. The van der Waals surface area contributed by atoms with Crippen LogP contribution in [0.1, 0.15) is 32.6 Å². The maximum absolute atomic E-state index is 12.3. The van der Waals surface area contributed by atoms with Crippen LogP contribution in [-0.2, 0) is 4.74 Å². The average Bonchev–Trinajstić information content (AvgIpc) is 2.52. The predicted octanol–water partition coefficient (Wildman–Crippen LogP) is 2.82. The van der Waals surface area contributed by atoms with Crippen molar-refractivity contribution < 1.29 is 9.13 Å². The number of halogens is 1. The zero-order valence-corrected chi connectivity index (χ0v) is 7.03. The molecule has 1 fully saturated rings. The van der Waals surface area contributed by atoms with Gasteiger partial charge in [0.2, 0.25) is 0 Å². The molecule has 0 aromatic rings. The van der Waals surface area contributed by atoms with Crippen molar-refractivity contribution in [1.29, 1.82) is 0 Å². The summed E-state index contributed by atoms with van der Waals surface area (Å²) in [6.45, 7) is 2.05. The molecule has 1 aliphatic carbocycles. The Kier molecular flexibility index (Phi) is 3.40. The molecule has 2 heteroatoms. The van der Waals surface area contributed by atoms with E-state index in [-0.39, 0.29) is 0 Å². The smallest absolute Gasteiger partial charge is 0.146 e. The fourth-order valence-electron chi connectivity index (χ4n) is 1.49. The monoisotopic (exact) mass is 158 g/mol. The van der Waals surface area contributed by atoms with Gasteiger partial charge < -0.3 is 4.74 Å². The Hall–Kier alpha value is -0.530. The van der Waals surface area contributed by atoms with Crippen LogP contribution in [-0.4, -0.2) is 13.3 Å². The molecule has 0 spiro atoms. The Morgan fingerprint density at radius 2 is 2.09 bits per heavy atom. The number of hydrogen-bond donors (Lipinski definition) is 0. The first-order chi connectivity index (χ1) is 5.38. The lowest BCUT2D eigenvalue weighted by Gasteiger charge is -2.07. The molecule has 1 saturated carbocycles. The highest BCUT2D eigenvalue weighted by Gasteiger charge is 2.12. The van der Waals surface area contributed by atoms with Gasteiger partial charge >= 0.3 is 0 Å². The maximum Gasteiger partial charge on any atom is 0.146 e. The van der Waals surface area contributed by atoms with E-state index >= 15 is 0 Å². The van der Waals surface area contributed by atoms with Crippen LogP contribution < -0.4 is 0 Å². The summed E-state index contributed by atoms with van der Waals surface area (Å²) in [5, 5.41) is 0. The van der Waals surface area contributed by atoms with Gasteiger partial charge in [0.15, 0.2) is 0 Å². The van der Waals surface area contributed by atoms with E-state index in [0.29, 0.717) is 12.4 Å². The van der Waals surface area contributed by atoms with Crippen LogP contribution in [0.3, 0.4) is 0 Å². The second-order valence-electron chi connectivity index (χ2n) is 2.80. The van der Waals surface area contributed by atoms with Crippen LogP contribution >= 0.6 is 0 Å². The van der Waals surface area contributed by atoms with Crippen molar-refractivity contribution in [2.75, 3.05) is 13.3 Å². The zero-order chi connectivity index (χ0) is 8.10. The van der Waals surface area contributed by atoms with Gasteiger partial charge in [-0.3, -0.25) is 0 Å². The average molecular weight is 158 g/mol. The number of ether oxygens (including phenoxy) is 1. The van der Waals surface area contributed by atoms with Crippen molar-refractivity contribution in [3.63, 3.8) is 0 Å². The molecule has 0 heterocycles. The summed E-state index contributed by atoms with van der Waals surface area (Å²) in [6.07, 6.45) is 4.48. The number of alkyl halides is 1. The highest BCUT2D eigenvalue weighted by atomic mass is 19.1. The Labute approximate surface area is 67.2 Å². The molecule has 1 nitrogen and oxygen atoms in total. The molecule has 0 radical (unpaired) electrons. The van der Waals surface area contributed by atoms with Gasteiger partial charge in [0.25, 0.3) is 0 Å². The lowest BCUT2D eigenvalue weighted by atomic mass is 10.2. The second kappa shape index (κ2) is 4.37. The van der Waals surface area contributed by atoms with Gasteiger partial charge in [0, 0.05) is 0 Å². The van der Waals surface area contributed by atoms with E-state index in [1.807, 2.05) is 6.92 Å². The first-order valence-electron chi connectivity index (χ1n) is 4.28. The van der Waals surface area contributed by atoms with Crippen LogP contribution in [0.2, 0.25) is 0 Å². The number of hydrogen-bond acceptors (Lipinski definition) is 1. The molecule has 64 valence electrons. The molecule has 0 aromatic heterocycles. The van der Waals surface area contributed by atoms with Crippen LogP contribution in [0.15, 0.2) is 11.3 Å². The quantitative estimate of drug-likeness (QED) is 0.574. The van der Waals surface area contributed by atoms with E-state index in [4.69, 9.17) is 4.74 Å². The van der Waals surface area contributed by atoms with Gasteiger partial charge in [0.05, 0.1) is 6.61 Å². The highest BCUT2D eigenvalue weighted by Crippen LogP contribution is 2.27. The van der Waals surface area contributed by atoms with Crippen molar-refractivity contribution >= 4 is 0 Å². The van der Waals surface area contributed by atoms with Gasteiger partial charge in [-0.25, -0.2) is 4.39 Å². The molecule has 0 aliphatic heterocycles. The SMILES string of the molecule is CCOC(CF)=C1CCCC1. The van der Waals surface area contributed by atoms with Crippen molar-refractivity contribution in [2.24, 2.45) is 0 Å². The van der Waals surface area contributed by atoms with Gasteiger partial charge in [-0.2, -0.15) is 0 Å². The van der Waals surface area contributed by atoms with Crippen LogP contribution in [0.4, 0.5) is 4.39 Å². The summed E-state index contributed by atoms with van der Waals surface area (Å²) in [6, 6.07) is 0. The van der Waals surface area contributed by atoms with E-state index in [9.17, 15) is 4.39 Å². The largest absolute Gasteiger partial charge is 0.495 e. The predicted molar refractivity (Wildman–Crippen MR) is 43.1 cm³/mol. The molecule has 0 unspecified atom stereocenters. The first kappa shape index (κ1) is 8.57. The molecule has 0 N–H and O–H groups in total.